The van der Waals surface area contributed by atoms with Gasteiger partial charge in [-0.1, -0.05) is 140 Å². The fourth-order valence-corrected chi connectivity index (χ4v) is 8.53. The Hall–Kier alpha value is -7.82. The van der Waals surface area contributed by atoms with Crippen molar-refractivity contribution in [1.29, 1.82) is 0 Å². The summed E-state index contributed by atoms with van der Waals surface area (Å²) in [6.07, 6.45) is 0. The van der Waals surface area contributed by atoms with Crippen molar-refractivity contribution in [3.63, 3.8) is 0 Å². The van der Waals surface area contributed by atoms with Crippen molar-refractivity contribution < 1.29 is 0 Å². The van der Waals surface area contributed by atoms with Crippen molar-refractivity contribution in [3.05, 3.63) is 218 Å². The summed E-state index contributed by atoms with van der Waals surface area (Å²) in [5, 5.41) is 5.82. The second-order valence-electron chi connectivity index (χ2n) is 14.6. The van der Waals surface area contributed by atoms with Gasteiger partial charge < -0.3 is 9.47 Å². The number of nitrogens with zero attached hydrogens (tertiary/aromatic N) is 4. The number of aromatic nitrogens is 3. The molecule has 0 saturated carbocycles. The molecule has 0 bridgehead atoms. The first-order valence-corrected chi connectivity index (χ1v) is 19.7. The van der Waals surface area contributed by atoms with Crippen LogP contribution >= 0.6 is 0 Å². The van der Waals surface area contributed by atoms with Crippen molar-refractivity contribution in [3.8, 4) is 39.5 Å². The van der Waals surface area contributed by atoms with E-state index in [4.69, 9.17) is 9.97 Å². The summed E-state index contributed by atoms with van der Waals surface area (Å²) in [6, 6.07) is 77.4. The number of anilines is 3. The number of para-hydroxylation sites is 4. The number of benzene rings is 9. The molecule has 0 N–H and O–H groups in total. The van der Waals surface area contributed by atoms with Crippen LogP contribution in [-0.4, -0.2) is 14.5 Å². The predicted molar refractivity (Wildman–Crippen MR) is 242 cm³/mol. The largest absolute Gasteiger partial charge is 0.311 e. The topological polar surface area (TPSA) is 34.0 Å². The first kappa shape index (κ1) is 33.5. The van der Waals surface area contributed by atoms with Gasteiger partial charge >= 0.3 is 0 Å². The molecule has 2 heterocycles. The summed E-state index contributed by atoms with van der Waals surface area (Å²) >= 11 is 0. The maximum Gasteiger partial charge on any atom is 0.160 e. The van der Waals surface area contributed by atoms with E-state index in [0.29, 0.717) is 5.82 Å². The Kier molecular flexibility index (Phi) is 8.11. The van der Waals surface area contributed by atoms with Crippen molar-refractivity contribution in [2.75, 3.05) is 4.90 Å². The molecule has 11 aromatic rings. The third-order valence-corrected chi connectivity index (χ3v) is 11.2. The molecule has 0 atom stereocenters. The highest BCUT2D eigenvalue weighted by molar-refractivity contribution is 6.24. The van der Waals surface area contributed by atoms with Crippen LogP contribution in [0.25, 0.3) is 82.9 Å². The van der Waals surface area contributed by atoms with E-state index in [-0.39, 0.29) is 0 Å². The summed E-state index contributed by atoms with van der Waals surface area (Å²) in [7, 11) is 0. The number of fused-ring (bicyclic) bond motifs is 6. The number of hydrogen-bond donors (Lipinski definition) is 0. The summed E-state index contributed by atoms with van der Waals surface area (Å²) < 4.78 is 2.40. The Labute approximate surface area is 336 Å². The zero-order valence-electron chi connectivity index (χ0n) is 31.6. The molecule has 0 radical (unpaired) electrons. The Balaban J connectivity index is 1.12. The molecule has 0 amide bonds. The maximum absolute atomic E-state index is 5.25. The second-order valence-corrected chi connectivity index (χ2v) is 14.6. The monoisotopic (exact) mass is 740 g/mol. The van der Waals surface area contributed by atoms with Gasteiger partial charge in [0.1, 0.15) is 0 Å². The van der Waals surface area contributed by atoms with Crippen LogP contribution < -0.4 is 4.90 Å². The van der Waals surface area contributed by atoms with Crippen LogP contribution in [0.3, 0.4) is 0 Å². The standard InChI is InChI=1S/C54H36N4/c1-5-17-38(18-6-1)53-46-27-15-16-28-49(46)55-54(56-53)39-31-34-50-48(35-39)52-45-26-14-13-25-44(45)47(36-51(52)58(50)42-23-11-4-12-24-42)37-29-32-43(33-30-37)57(40-19-7-2-8-20-40)41-21-9-3-10-22-41/h1-36H. The molecular formula is C54H36N4. The van der Waals surface area contributed by atoms with Gasteiger partial charge in [0.2, 0.25) is 0 Å². The van der Waals surface area contributed by atoms with Crippen LogP contribution in [0.15, 0.2) is 218 Å². The minimum Gasteiger partial charge on any atom is -0.311 e. The zero-order chi connectivity index (χ0) is 38.4. The van der Waals surface area contributed by atoms with Gasteiger partial charge in [-0.15, -0.1) is 0 Å². The quantitative estimate of drug-likeness (QED) is 0.163. The zero-order valence-corrected chi connectivity index (χ0v) is 31.6. The average Bonchev–Trinajstić information content (AvgIpc) is 3.64. The molecule has 0 saturated heterocycles. The molecule has 9 aromatic carbocycles. The van der Waals surface area contributed by atoms with Crippen LogP contribution in [0.2, 0.25) is 0 Å². The van der Waals surface area contributed by atoms with Crippen molar-refractivity contribution >= 4 is 60.5 Å². The van der Waals surface area contributed by atoms with E-state index in [1.165, 1.54) is 21.7 Å². The van der Waals surface area contributed by atoms with Crippen molar-refractivity contribution in [2.45, 2.75) is 0 Å². The minimum atomic E-state index is 0.709. The highest BCUT2D eigenvalue weighted by Gasteiger charge is 2.20. The van der Waals surface area contributed by atoms with Crippen molar-refractivity contribution in [1.82, 2.24) is 14.5 Å². The fraction of sp³-hybridized carbons (Fsp3) is 0. The molecule has 0 aliphatic heterocycles. The van der Waals surface area contributed by atoms with Gasteiger partial charge in [-0.25, -0.2) is 9.97 Å². The van der Waals surface area contributed by atoms with Gasteiger partial charge in [-0.3, -0.25) is 0 Å². The second kappa shape index (κ2) is 14.0. The Morgan fingerprint density at radius 2 is 0.914 bits per heavy atom. The molecule has 2 aromatic heterocycles. The lowest BCUT2D eigenvalue weighted by Gasteiger charge is -2.25. The van der Waals surface area contributed by atoms with E-state index in [1.807, 2.05) is 12.1 Å². The van der Waals surface area contributed by atoms with Gasteiger partial charge in [0, 0.05) is 50.0 Å². The van der Waals surface area contributed by atoms with Gasteiger partial charge in [0.15, 0.2) is 5.82 Å². The summed E-state index contributed by atoms with van der Waals surface area (Å²) in [5.74, 6) is 0.709. The van der Waals surface area contributed by atoms with E-state index in [9.17, 15) is 0 Å². The smallest absolute Gasteiger partial charge is 0.160 e. The first-order chi connectivity index (χ1) is 28.8. The summed E-state index contributed by atoms with van der Waals surface area (Å²) in [4.78, 5) is 12.7. The minimum absolute atomic E-state index is 0.709. The molecule has 0 aliphatic carbocycles. The van der Waals surface area contributed by atoms with Crippen LogP contribution in [-0.2, 0) is 0 Å². The Morgan fingerprint density at radius 1 is 0.362 bits per heavy atom. The average molecular weight is 741 g/mol. The lowest BCUT2D eigenvalue weighted by molar-refractivity contribution is 1.18. The van der Waals surface area contributed by atoms with Gasteiger partial charge in [-0.2, -0.15) is 0 Å². The molecule has 11 rings (SSSR count). The van der Waals surface area contributed by atoms with E-state index < -0.39 is 0 Å². The van der Waals surface area contributed by atoms with Crippen molar-refractivity contribution in [2.24, 2.45) is 0 Å². The lowest BCUT2D eigenvalue weighted by atomic mass is 9.94. The normalized spacial score (nSPS) is 11.4. The van der Waals surface area contributed by atoms with Gasteiger partial charge in [0.25, 0.3) is 0 Å². The molecule has 4 nitrogen and oxygen atoms in total. The number of hydrogen-bond acceptors (Lipinski definition) is 3. The third-order valence-electron chi connectivity index (χ3n) is 11.2. The molecule has 0 spiro atoms. The Morgan fingerprint density at radius 3 is 1.60 bits per heavy atom. The summed E-state index contributed by atoms with van der Waals surface area (Å²) in [6.45, 7) is 0. The molecular weight excluding hydrogens is 705 g/mol. The van der Waals surface area contributed by atoms with Crippen LogP contribution in [0, 0.1) is 0 Å². The summed E-state index contributed by atoms with van der Waals surface area (Å²) in [5.41, 5.74) is 13.0. The van der Waals surface area contributed by atoms with Gasteiger partial charge in [-0.05, 0) is 101 Å². The van der Waals surface area contributed by atoms with Gasteiger partial charge in [0.05, 0.1) is 22.2 Å². The molecule has 0 unspecified atom stereocenters. The lowest BCUT2D eigenvalue weighted by Crippen LogP contribution is -2.09. The van der Waals surface area contributed by atoms with E-state index in [1.54, 1.807) is 0 Å². The SMILES string of the molecule is c1ccc(-c2nc(-c3ccc4c(c3)c3c5ccccc5c(-c5ccc(N(c6ccccc6)c6ccccc6)cc5)cc3n4-c3ccccc3)nc3ccccc23)cc1. The van der Waals surface area contributed by atoms with E-state index >= 15 is 0 Å². The van der Waals surface area contributed by atoms with E-state index in [0.717, 1.165) is 72.5 Å². The number of rotatable bonds is 7. The first-order valence-electron chi connectivity index (χ1n) is 19.7. The predicted octanol–water partition coefficient (Wildman–Crippen LogP) is 14.4. The highest BCUT2D eigenvalue weighted by Crippen LogP contribution is 2.43. The molecule has 4 heteroatoms. The maximum atomic E-state index is 5.25. The van der Waals surface area contributed by atoms with Crippen LogP contribution in [0.4, 0.5) is 17.1 Å². The molecule has 0 fully saturated rings. The molecule has 0 aliphatic rings. The van der Waals surface area contributed by atoms with E-state index in [2.05, 4.69) is 216 Å². The Bertz CT molecular complexity index is 3210. The molecule has 272 valence electrons. The fourth-order valence-electron chi connectivity index (χ4n) is 8.53. The highest BCUT2D eigenvalue weighted by atomic mass is 15.1. The van der Waals surface area contributed by atoms with Crippen LogP contribution in [0.1, 0.15) is 0 Å². The third kappa shape index (κ3) is 5.70. The van der Waals surface area contributed by atoms with Crippen LogP contribution in [0.5, 0.6) is 0 Å². The molecule has 58 heavy (non-hydrogen) atoms.